The Labute approximate surface area is 85.3 Å². The standard InChI is InChI=1S/C8H17NOS2/c1-2-7(12)8(10)9-5-3-4-6-11/h7,11-12H,2-6H2,1H3,(H,9,10). The fraction of sp³-hybridized carbons (Fsp3) is 0.875. The maximum absolute atomic E-state index is 11.1. The lowest BCUT2D eigenvalue weighted by molar-refractivity contribution is -0.120. The van der Waals surface area contributed by atoms with Crippen LogP contribution in [0.4, 0.5) is 0 Å². The highest BCUT2D eigenvalue weighted by Crippen LogP contribution is 1.99. The topological polar surface area (TPSA) is 29.1 Å². The largest absolute Gasteiger partial charge is 0.355 e. The zero-order valence-electron chi connectivity index (χ0n) is 7.42. The van der Waals surface area contributed by atoms with E-state index in [0.29, 0.717) is 0 Å². The molecule has 72 valence electrons. The molecule has 2 nitrogen and oxygen atoms in total. The van der Waals surface area contributed by atoms with Crippen molar-refractivity contribution in [3.05, 3.63) is 0 Å². The van der Waals surface area contributed by atoms with Gasteiger partial charge in [-0.1, -0.05) is 6.92 Å². The van der Waals surface area contributed by atoms with Crippen molar-refractivity contribution in [1.82, 2.24) is 5.32 Å². The molecule has 0 rings (SSSR count). The summed E-state index contributed by atoms with van der Waals surface area (Å²) in [5.41, 5.74) is 0. The van der Waals surface area contributed by atoms with Crippen LogP contribution >= 0.6 is 25.3 Å². The first kappa shape index (κ1) is 12.2. The van der Waals surface area contributed by atoms with Crippen molar-refractivity contribution < 1.29 is 4.79 Å². The Hall–Kier alpha value is 0.170. The fourth-order valence-electron chi connectivity index (χ4n) is 0.752. The van der Waals surface area contributed by atoms with Gasteiger partial charge in [0.1, 0.15) is 0 Å². The van der Waals surface area contributed by atoms with Gasteiger partial charge in [0.25, 0.3) is 0 Å². The molecule has 0 saturated carbocycles. The highest BCUT2D eigenvalue weighted by atomic mass is 32.1. The van der Waals surface area contributed by atoms with Gasteiger partial charge in [-0.3, -0.25) is 4.79 Å². The van der Waals surface area contributed by atoms with Crippen LogP contribution in [0.3, 0.4) is 0 Å². The molecule has 0 aliphatic carbocycles. The second kappa shape index (κ2) is 7.80. The smallest absolute Gasteiger partial charge is 0.232 e. The second-order valence-corrected chi connectivity index (χ2v) is 3.72. The molecule has 0 aliphatic heterocycles. The molecule has 0 bridgehead atoms. The van der Waals surface area contributed by atoms with Crippen molar-refractivity contribution >= 4 is 31.2 Å². The Kier molecular flexibility index (Phi) is 7.91. The summed E-state index contributed by atoms with van der Waals surface area (Å²) < 4.78 is 0. The average Bonchev–Trinajstić information content (AvgIpc) is 2.10. The van der Waals surface area contributed by atoms with E-state index in [1.807, 2.05) is 6.92 Å². The predicted molar refractivity (Wildman–Crippen MR) is 59.2 cm³/mol. The normalized spacial score (nSPS) is 12.6. The van der Waals surface area contributed by atoms with Crippen LogP contribution in [-0.2, 0) is 4.79 Å². The molecule has 0 fully saturated rings. The number of carbonyl (C=O) groups excluding carboxylic acids is 1. The molecular weight excluding hydrogens is 190 g/mol. The summed E-state index contributed by atoms with van der Waals surface area (Å²) in [5.74, 6) is 0.925. The molecular formula is C8H17NOS2. The van der Waals surface area contributed by atoms with E-state index in [4.69, 9.17) is 0 Å². The number of nitrogens with one attached hydrogen (secondary N) is 1. The van der Waals surface area contributed by atoms with E-state index in [1.54, 1.807) is 0 Å². The summed E-state index contributed by atoms with van der Waals surface area (Å²) in [7, 11) is 0. The molecule has 1 unspecified atom stereocenters. The van der Waals surface area contributed by atoms with Gasteiger partial charge in [0.2, 0.25) is 5.91 Å². The van der Waals surface area contributed by atoms with Gasteiger partial charge in [0, 0.05) is 6.54 Å². The molecule has 0 radical (unpaired) electrons. The number of rotatable bonds is 6. The van der Waals surface area contributed by atoms with Gasteiger partial charge in [0.05, 0.1) is 5.25 Å². The SMILES string of the molecule is CCC(S)C(=O)NCCCCS. The molecule has 1 atom stereocenters. The first-order chi connectivity index (χ1) is 5.72. The highest BCUT2D eigenvalue weighted by molar-refractivity contribution is 7.81. The quantitative estimate of drug-likeness (QED) is 0.447. The number of carbonyl (C=O) groups is 1. The zero-order chi connectivity index (χ0) is 9.40. The third-order valence-corrected chi connectivity index (χ3v) is 2.49. The van der Waals surface area contributed by atoms with Gasteiger partial charge in [0.15, 0.2) is 0 Å². The first-order valence-corrected chi connectivity index (χ1v) is 5.43. The molecule has 0 spiro atoms. The summed E-state index contributed by atoms with van der Waals surface area (Å²) >= 11 is 8.20. The molecule has 0 aliphatic rings. The van der Waals surface area contributed by atoms with Crippen molar-refractivity contribution in [2.24, 2.45) is 0 Å². The van der Waals surface area contributed by atoms with Gasteiger partial charge in [-0.05, 0) is 25.0 Å². The van der Waals surface area contributed by atoms with Crippen LogP contribution in [0.25, 0.3) is 0 Å². The van der Waals surface area contributed by atoms with Crippen LogP contribution < -0.4 is 5.32 Å². The summed E-state index contributed by atoms with van der Waals surface area (Å²) in [5, 5.41) is 2.67. The van der Waals surface area contributed by atoms with Crippen LogP contribution in [0.2, 0.25) is 0 Å². The molecule has 1 amide bonds. The Morgan fingerprint density at radius 2 is 2.17 bits per heavy atom. The van der Waals surface area contributed by atoms with Crippen molar-refractivity contribution in [1.29, 1.82) is 0 Å². The summed E-state index contributed by atoms with van der Waals surface area (Å²) in [6.45, 7) is 2.70. The van der Waals surface area contributed by atoms with E-state index < -0.39 is 0 Å². The van der Waals surface area contributed by atoms with Gasteiger partial charge >= 0.3 is 0 Å². The van der Waals surface area contributed by atoms with Crippen molar-refractivity contribution in [3.63, 3.8) is 0 Å². The highest BCUT2D eigenvalue weighted by Gasteiger charge is 2.09. The van der Waals surface area contributed by atoms with Gasteiger partial charge < -0.3 is 5.32 Å². The lowest BCUT2D eigenvalue weighted by Gasteiger charge is -2.08. The van der Waals surface area contributed by atoms with Crippen molar-refractivity contribution in [3.8, 4) is 0 Å². The minimum atomic E-state index is -0.152. The van der Waals surface area contributed by atoms with E-state index >= 15 is 0 Å². The molecule has 12 heavy (non-hydrogen) atoms. The Morgan fingerprint density at radius 1 is 1.50 bits per heavy atom. The number of unbranched alkanes of at least 4 members (excludes halogenated alkanes) is 1. The molecule has 4 heteroatoms. The molecule has 0 heterocycles. The Morgan fingerprint density at radius 3 is 2.67 bits per heavy atom. The summed E-state index contributed by atoms with van der Waals surface area (Å²) in [4.78, 5) is 11.1. The van der Waals surface area contributed by atoms with Crippen LogP contribution in [-0.4, -0.2) is 23.5 Å². The van der Waals surface area contributed by atoms with Crippen molar-refractivity contribution in [2.75, 3.05) is 12.3 Å². The van der Waals surface area contributed by atoms with Crippen LogP contribution in [0.5, 0.6) is 0 Å². The number of thiol groups is 2. The number of hydrogen-bond donors (Lipinski definition) is 3. The van der Waals surface area contributed by atoms with Crippen LogP contribution in [0.15, 0.2) is 0 Å². The van der Waals surface area contributed by atoms with Crippen molar-refractivity contribution in [2.45, 2.75) is 31.4 Å². The number of amides is 1. The third-order valence-electron chi connectivity index (χ3n) is 1.57. The van der Waals surface area contributed by atoms with E-state index in [9.17, 15) is 4.79 Å². The second-order valence-electron chi connectivity index (χ2n) is 2.65. The van der Waals surface area contributed by atoms with Gasteiger partial charge in [-0.2, -0.15) is 25.3 Å². The Balaban J connectivity index is 3.31. The van der Waals surface area contributed by atoms with Crippen LogP contribution in [0, 0.1) is 0 Å². The average molecular weight is 207 g/mol. The van der Waals surface area contributed by atoms with Crippen LogP contribution in [0.1, 0.15) is 26.2 Å². The monoisotopic (exact) mass is 207 g/mol. The molecule has 0 aromatic rings. The van der Waals surface area contributed by atoms with E-state index in [0.717, 1.165) is 31.6 Å². The van der Waals surface area contributed by atoms with Gasteiger partial charge in [-0.25, -0.2) is 0 Å². The van der Waals surface area contributed by atoms with E-state index in [1.165, 1.54) is 0 Å². The fourth-order valence-corrected chi connectivity index (χ4v) is 1.07. The molecule has 1 N–H and O–H groups in total. The summed E-state index contributed by atoms with van der Waals surface area (Å²) in [6.07, 6.45) is 2.83. The zero-order valence-corrected chi connectivity index (χ0v) is 9.20. The van der Waals surface area contributed by atoms with E-state index in [2.05, 4.69) is 30.6 Å². The molecule has 0 saturated heterocycles. The maximum atomic E-state index is 11.1. The molecule has 0 aromatic carbocycles. The maximum Gasteiger partial charge on any atom is 0.232 e. The summed E-state index contributed by atoms with van der Waals surface area (Å²) in [6, 6.07) is 0. The lowest BCUT2D eigenvalue weighted by atomic mass is 10.3. The Bertz CT molecular complexity index is 130. The lowest BCUT2D eigenvalue weighted by Crippen LogP contribution is -2.31. The third kappa shape index (κ3) is 5.77. The molecule has 0 aromatic heterocycles. The minimum absolute atomic E-state index is 0.0417. The first-order valence-electron chi connectivity index (χ1n) is 4.29. The minimum Gasteiger partial charge on any atom is -0.355 e. The van der Waals surface area contributed by atoms with Gasteiger partial charge in [-0.15, -0.1) is 0 Å². The number of hydrogen-bond acceptors (Lipinski definition) is 3. The van der Waals surface area contributed by atoms with E-state index in [-0.39, 0.29) is 11.2 Å². The predicted octanol–water partition coefficient (Wildman–Crippen LogP) is 1.52.